The van der Waals surface area contributed by atoms with Gasteiger partial charge < -0.3 is 9.84 Å². The number of hydrogen-bond donors (Lipinski definition) is 2. The van der Waals surface area contributed by atoms with E-state index >= 15 is 0 Å². The highest BCUT2D eigenvalue weighted by Gasteiger charge is 2.27. The Morgan fingerprint density at radius 1 is 1.18 bits per heavy atom. The number of aromatic carboxylic acids is 1. The van der Waals surface area contributed by atoms with Gasteiger partial charge in [-0.05, 0) is 74.0 Å². The summed E-state index contributed by atoms with van der Waals surface area (Å²) in [6.45, 7) is 0. The number of nitrogens with zero attached hydrogens (tertiary/aromatic N) is 1. The summed E-state index contributed by atoms with van der Waals surface area (Å²) in [5.74, 6) is -0.888. The van der Waals surface area contributed by atoms with Crippen molar-refractivity contribution in [1.82, 2.24) is 4.98 Å². The zero-order chi connectivity index (χ0) is 24.3. The average molecular weight is 489 g/mol. The van der Waals surface area contributed by atoms with Gasteiger partial charge in [0.25, 0.3) is 10.0 Å². The zero-order valence-corrected chi connectivity index (χ0v) is 19.9. The lowest BCUT2D eigenvalue weighted by Crippen LogP contribution is -2.16. The molecule has 0 aliphatic heterocycles. The molecule has 0 radical (unpaired) electrons. The van der Waals surface area contributed by atoms with E-state index in [2.05, 4.69) is 21.9 Å². The maximum atomic E-state index is 14.1. The van der Waals surface area contributed by atoms with Crippen molar-refractivity contribution >= 4 is 21.7 Å². The van der Waals surface area contributed by atoms with Crippen molar-refractivity contribution in [2.24, 2.45) is 11.8 Å². The van der Waals surface area contributed by atoms with Crippen LogP contribution in [-0.2, 0) is 10.0 Å². The quantitative estimate of drug-likeness (QED) is 0.402. The van der Waals surface area contributed by atoms with E-state index in [0.717, 1.165) is 42.9 Å². The van der Waals surface area contributed by atoms with Crippen LogP contribution in [0.25, 0.3) is 0 Å². The van der Waals surface area contributed by atoms with E-state index in [9.17, 15) is 17.6 Å². The Kier molecular flexibility index (Phi) is 7.21. The topological polar surface area (TPSA) is 106 Å². The molecule has 9 heteroatoms. The summed E-state index contributed by atoms with van der Waals surface area (Å²) in [5.41, 5.74) is 0.208. The Morgan fingerprint density at radius 3 is 2.65 bits per heavy atom. The number of carboxylic acids is 1. The lowest BCUT2D eigenvalue weighted by Gasteiger charge is -2.20. The summed E-state index contributed by atoms with van der Waals surface area (Å²) in [7, 11) is -2.89. The van der Waals surface area contributed by atoms with Gasteiger partial charge in [-0.15, -0.1) is 0 Å². The third-order valence-corrected chi connectivity index (χ3v) is 8.22. The molecule has 1 fully saturated rings. The number of hydrogen-bond acceptors (Lipinski definition) is 5. The molecule has 0 spiro atoms. The number of benzene rings is 1. The second-order valence-corrected chi connectivity index (χ2v) is 10.6. The van der Waals surface area contributed by atoms with Crippen LogP contribution in [0.4, 0.5) is 10.1 Å². The minimum absolute atomic E-state index is 0.107. The maximum absolute atomic E-state index is 14.1. The van der Waals surface area contributed by atoms with Crippen LogP contribution in [0.1, 0.15) is 66.8 Å². The molecule has 1 aromatic heterocycles. The number of halogens is 1. The highest BCUT2D eigenvalue weighted by Crippen LogP contribution is 2.40. The summed E-state index contributed by atoms with van der Waals surface area (Å²) in [6, 6.07) is 4.98. The molecule has 7 nitrogen and oxygen atoms in total. The number of allylic oxidation sites excluding steroid dienone is 2. The van der Waals surface area contributed by atoms with Crippen molar-refractivity contribution in [3.05, 3.63) is 59.6 Å². The SMILES string of the molecule is COc1cc(C(=O)O)c(F)cc1NS(=O)(=O)c1ccc([C@H]2CCCC([C@H]3C=CCC3)CC2)cn1. The lowest BCUT2D eigenvalue weighted by molar-refractivity contribution is 0.0691. The number of carbonyl (C=O) groups is 1. The predicted molar refractivity (Wildman–Crippen MR) is 126 cm³/mol. The van der Waals surface area contributed by atoms with Gasteiger partial charge in [-0.3, -0.25) is 4.72 Å². The third kappa shape index (κ3) is 5.24. The number of aromatic nitrogens is 1. The van der Waals surface area contributed by atoms with E-state index in [1.54, 1.807) is 12.3 Å². The fourth-order valence-electron chi connectivity index (χ4n) is 5.10. The van der Waals surface area contributed by atoms with Gasteiger partial charge in [-0.2, -0.15) is 8.42 Å². The molecule has 1 aromatic carbocycles. The molecule has 1 heterocycles. The Bertz CT molecular complexity index is 1180. The summed E-state index contributed by atoms with van der Waals surface area (Å²) in [4.78, 5) is 15.3. The van der Waals surface area contributed by atoms with Crippen LogP contribution in [0.2, 0.25) is 0 Å². The lowest BCUT2D eigenvalue weighted by atomic mass is 9.85. The molecule has 4 rings (SSSR count). The maximum Gasteiger partial charge on any atom is 0.338 e. The molecule has 0 bridgehead atoms. The molecule has 1 saturated carbocycles. The molecule has 3 atom stereocenters. The molecule has 2 aromatic rings. The second kappa shape index (κ2) is 10.1. The van der Waals surface area contributed by atoms with Gasteiger partial charge in [0.15, 0.2) is 5.03 Å². The average Bonchev–Trinajstić information content (AvgIpc) is 3.23. The minimum atomic E-state index is -4.13. The summed E-state index contributed by atoms with van der Waals surface area (Å²) >= 11 is 0. The first-order valence-corrected chi connectivity index (χ1v) is 13.0. The Balaban J connectivity index is 1.47. The van der Waals surface area contributed by atoms with E-state index in [-0.39, 0.29) is 16.5 Å². The number of pyridine rings is 1. The van der Waals surface area contributed by atoms with Crippen LogP contribution in [0.3, 0.4) is 0 Å². The molecule has 2 aliphatic rings. The van der Waals surface area contributed by atoms with Crippen molar-refractivity contribution in [3.8, 4) is 5.75 Å². The Labute approximate surface area is 199 Å². The third-order valence-electron chi connectivity index (χ3n) is 6.94. The van der Waals surface area contributed by atoms with Crippen LogP contribution in [0.15, 0.2) is 47.6 Å². The number of methoxy groups -OCH3 is 1. The first-order valence-electron chi connectivity index (χ1n) is 11.5. The summed E-state index contributed by atoms with van der Waals surface area (Å²) in [5, 5.41) is 8.86. The molecule has 0 saturated heterocycles. The van der Waals surface area contributed by atoms with Crippen molar-refractivity contribution in [2.75, 3.05) is 11.8 Å². The van der Waals surface area contributed by atoms with E-state index in [1.165, 1.54) is 38.9 Å². The fourth-order valence-corrected chi connectivity index (χ4v) is 6.09. The molecular formula is C25H29FN2O5S. The number of sulfonamides is 1. The number of anilines is 1. The van der Waals surface area contributed by atoms with Gasteiger partial charge in [0, 0.05) is 12.3 Å². The van der Waals surface area contributed by atoms with Gasteiger partial charge in [-0.1, -0.05) is 24.6 Å². The first-order chi connectivity index (χ1) is 16.3. The Hall–Kier alpha value is -2.94. The summed E-state index contributed by atoms with van der Waals surface area (Å²) < 4.78 is 47.1. The van der Waals surface area contributed by atoms with Crippen LogP contribution in [0.5, 0.6) is 5.75 Å². The first kappa shape index (κ1) is 24.2. The molecule has 34 heavy (non-hydrogen) atoms. The van der Waals surface area contributed by atoms with Crippen LogP contribution < -0.4 is 9.46 Å². The van der Waals surface area contributed by atoms with Crippen molar-refractivity contribution < 1.29 is 27.4 Å². The molecule has 0 amide bonds. The number of nitrogens with one attached hydrogen (secondary N) is 1. The van der Waals surface area contributed by atoms with Gasteiger partial charge >= 0.3 is 5.97 Å². The molecular weight excluding hydrogens is 459 g/mol. The number of rotatable bonds is 7. The van der Waals surface area contributed by atoms with Gasteiger partial charge in [0.05, 0.1) is 18.4 Å². The predicted octanol–water partition coefficient (Wildman–Crippen LogP) is 5.36. The number of carboxylic acid groups (broad SMARTS) is 1. The molecule has 2 N–H and O–H groups in total. The highest BCUT2D eigenvalue weighted by molar-refractivity contribution is 7.92. The van der Waals surface area contributed by atoms with E-state index < -0.39 is 27.4 Å². The monoisotopic (exact) mass is 488 g/mol. The van der Waals surface area contributed by atoms with Crippen molar-refractivity contribution in [1.29, 1.82) is 0 Å². The van der Waals surface area contributed by atoms with E-state index in [1.807, 2.05) is 0 Å². The van der Waals surface area contributed by atoms with Crippen LogP contribution in [0, 0.1) is 17.7 Å². The highest BCUT2D eigenvalue weighted by atomic mass is 32.2. The largest absolute Gasteiger partial charge is 0.495 e. The van der Waals surface area contributed by atoms with Gasteiger partial charge in [0.1, 0.15) is 11.6 Å². The number of ether oxygens (including phenoxy) is 1. The van der Waals surface area contributed by atoms with E-state index in [4.69, 9.17) is 9.84 Å². The zero-order valence-electron chi connectivity index (χ0n) is 19.0. The molecule has 1 unspecified atom stereocenters. The fraction of sp³-hybridized carbons (Fsp3) is 0.440. The Morgan fingerprint density at radius 2 is 2.00 bits per heavy atom. The smallest absolute Gasteiger partial charge is 0.338 e. The van der Waals surface area contributed by atoms with Crippen LogP contribution in [-0.4, -0.2) is 31.6 Å². The van der Waals surface area contributed by atoms with Gasteiger partial charge in [-0.25, -0.2) is 14.2 Å². The normalized spacial score (nSPS) is 22.8. The molecule has 2 aliphatic carbocycles. The van der Waals surface area contributed by atoms with Crippen molar-refractivity contribution in [2.45, 2.75) is 55.9 Å². The van der Waals surface area contributed by atoms with Crippen molar-refractivity contribution in [3.63, 3.8) is 0 Å². The summed E-state index contributed by atoms with van der Waals surface area (Å²) in [6.07, 6.45) is 14.4. The van der Waals surface area contributed by atoms with Crippen LogP contribution >= 0.6 is 0 Å². The second-order valence-electron chi connectivity index (χ2n) is 9.01. The standard InChI is InChI=1S/C25H29FN2O5S/c1-33-23-13-20(25(29)30)21(26)14-22(23)28-34(31,32)24-12-11-19(15-27-24)18-8-4-7-17(9-10-18)16-5-2-3-6-16/h2,5,11-18,28H,3-4,6-10H2,1H3,(H,29,30)/t16-,17?,18-/m0/s1. The molecule has 182 valence electrons. The van der Waals surface area contributed by atoms with E-state index in [0.29, 0.717) is 11.8 Å². The minimum Gasteiger partial charge on any atom is -0.495 e. The van der Waals surface area contributed by atoms with Gasteiger partial charge in [0.2, 0.25) is 0 Å².